The zero-order valence-electron chi connectivity index (χ0n) is 20.9. The maximum Gasteiger partial charge on any atom is 0.250 e. The Balaban J connectivity index is 1.34. The fourth-order valence-corrected chi connectivity index (χ4v) is 6.69. The number of hydrogen-bond donors (Lipinski definition) is 2. The lowest BCUT2D eigenvalue weighted by Crippen LogP contribution is -2.32. The number of benzene rings is 3. The molecule has 1 heterocycles. The van der Waals surface area contributed by atoms with Gasteiger partial charge in [-0.1, -0.05) is 54.6 Å². The molecule has 8 heteroatoms. The van der Waals surface area contributed by atoms with Crippen molar-refractivity contribution in [2.24, 2.45) is 0 Å². The molecule has 0 bridgehead atoms. The largest absolute Gasteiger partial charge is 0.370 e. The molecule has 1 fully saturated rings. The third kappa shape index (κ3) is 6.21. The topological polar surface area (TPSA) is 87.7 Å². The van der Waals surface area contributed by atoms with E-state index in [1.807, 2.05) is 48.5 Å². The molecule has 0 radical (unpaired) electrons. The van der Waals surface area contributed by atoms with Crippen LogP contribution >= 0.6 is 0 Å². The number of rotatable bonds is 9. The average molecular weight is 520 g/mol. The van der Waals surface area contributed by atoms with Crippen LogP contribution in [0.4, 0.5) is 11.4 Å². The van der Waals surface area contributed by atoms with Gasteiger partial charge in [0.1, 0.15) is 11.5 Å². The Morgan fingerprint density at radius 2 is 1.70 bits per heavy atom. The van der Waals surface area contributed by atoms with Gasteiger partial charge in [0.15, 0.2) is 0 Å². The molecule has 37 heavy (non-hydrogen) atoms. The predicted octanol–water partition coefficient (Wildman–Crippen LogP) is 4.80. The van der Waals surface area contributed by atoms with E-state index >= 15 is 0 Å². The van der Waals surface area contributed by atoms with Gasteiger partial charge < -0.3 is 15.0 Å². The van der Waals surface area contributed by atoms with E-state index in [0.29, 0.717) is 18.0 Å². The lowest BCUT2D eigenvalue weighted by Gasteiger charge is -2.28. The number of nitrogens with zero attached hydrogens (tertiary/aromatic N) is 1. The van der Waals surface area contributed by atoms with Gasteiger partial charge in [0, 0.05) is 24.8 Å². The van der Waals surface area contributed by atoms with E-state index in [1.54, 1.807) is 18.2 Å². The van der Waals surface area contributed by atoms with Crippen LogP contribution in [0.1, 0.15) is 48.4 Å². The number of carbonyl (C=O) groups excluding carboxylic acids is 1. The van der Waals surface area contributed by atoms with Gasteiger partial charge in [-0.05, 0) is 67.0 Å². The first kappa shape index (κ1) is 25.4. The van der Waals surface area contributed by atoms with Crippen molar-refractivity contribution in [3.05, 3.63) is 89.5 Å². The molecular formula is C29H33N3O4S. The van der Waals surface area contributed by atoms with E-state index < -0.39 is 10.0 Å². The molecule has 0 unspecified atom stereocenters. The Morgan fingerprint density at radius 3 is 2.51 bits per heavy atom. The zero-order chi connectivity index (χ0) is 25.7. The summed E-state index contributed by atoms with van der Waals surface area (Å²) < 4.78 is 36.1. The molecule has 5 rings (SSSR count). The van der Waals surface area contributed by atoms with Gasteiger partial charge >= 0.3 is 0 Å². The quantitative estimate of drug-likeness (QED) is 0.424. The summed E-state index contributed by atoms with van der Waals surface area (Å²) in [7, 11) is -3.86. The molecule has 2 N–H and O–H groups in total. The Labute approximate surface area is 218 Å². The van der Waals surface area contributed by atoms with E-state index in [9.17, 15) is 13.2 Å². The molecule has 3 aromatic carbocycles. The summed E-state index contributed by atoms with van der Waals surface area (Å²) in [6, 6.07) is 22.5. The fourth-order valence-electron chi connectivity index (χ4n) is 5.19. The van der Waals surface area contributed by atoms with Gasteiger partial charge in [-0.25, -0.2) is 13.1 Å². The minimum atomic E-state index is -3.86. The van der Waals surface area contributed by atoms with Crippen molar-refractivity contribution in [1.82, 2.24) is 4.72 Å². The molecule has 1 saturated heterocycles. The van der Waals surface area contributed by atoms with Crippen molar-refractivity contribution in [2.75, 3.05) is 29.9 Å². The number of carbonyl (C=O) groups is 1. The predicted molar refractivity (Wildman–Crippen MR) is 145 cm³/mol. The molecule has 0 saturated carbocycles. The molecule has 1 aliphatic carbocycles. The summed E-state index contributed by atoms with van der Waals surface area (Å²) in [5.74, 6) is -0.331. The number of nitrogens with one attached hydrogen (secondary N) is 2. The van der Waals surface area contributed by atoms with E-state index in [2.05, 4.69) is 21.0 Å². The number of fused-ring (bicyclic) bond motifs is 1. The van der Waals surface area contributed by atoms with Gasteiger partial charge in [0.25, 0.3) is 0 Å². The summed E-state index contributed by atoms with van der Waals surface area (Å²) in [5.41, 5.74) is 4.32. The second-order valence-electron chi connectivity index (χ2n) is 9.67. The van der Waals surface area contributed by atoms with Crippen LogP contribution in [0.25, 0.3) is 0 Å². The number of amides is 1. The second kappa shape index (κ2) is 11.5. The molecule has 0 aromatic heterocycles. The molecule has 7 nitrogen and oxygen atoms in total. The Kier molecular flexibility index (Phi) is 7.88. The normalized spacial score (nSPS) is 17.4. The second-order valence-corrected chi connectivity index (χ2v) is 11.4. The monoisotopic (exact) mass is 519 g/mol. The van der Waals surface area contributed by atoms with Crippen molar-refractivity contribution in [1.29, 1.82) is 0 Å². The van der Waals surface area contributed by atoms with Crippen LogP contribution < -0.4 is 14.9 Å². The van der Waals surface area contributed by atoms with Crippen molar-refractivity contribution in [3.63, 3.8) is 0 Å². The number of hydrogen-bond acceptors (Lipinski definition) is 5. The summed E-state index contributed by atoms with van der Waals surface area (Å²) in [5, 5.41) is 2.80. The molecule has 2 aliphatic rings. The van der Waals surface area contributed by atoms with Gasteiger partial charge in [0.2, 0.25) is 15.9 Å². The molecule has 1 aliphatic heterocycles. The minimum Gasteiger partial charge on any atom is -0.370 e. The Bertz CT molecular complexity index is 1340. The molecule has 0 spiro atoms. The van der Waals surface area contributed by atoms with Crippen molar-refractivity contribution < 1.29 is 17.9 Å². The number of sulfonamides is 1. The van der Waals surface area contributed by atoms with E-state index in [4.69, 9.17) is 4.74 Å². The van der Waals surface area contributed by atoms with Gasteiger partial charge in [-0.3, -0.25) is 4.79 Å². The van der Waals surface area contributed by atoms with Crippen molar-refractivity contribution in [2.45, 2.75) is 49.6 Å². The van der Waals surface area contributed by atoms with Crippen LogP contribution in [0.15, 0.2) is 77.7 Å². The molecule has 1 amide bonds. The summed E-state index contributed by atoms with van der Waals surface area (Å²) >= 11 is 0. The van der Waals surface area contributed by atoms with Crippen molar-refractivity contribution in [3.8, 4) is 0 Å². The molecule has 3 aromatic rings. The van der Waals surface area contributed by atoms with Crippen LogP contribution in [0, 0.1) is 0 Å². The minimum absolute atomic E-state index is 0.123. The van der Waals surface area contributed by atoms with Gasteiger partial charge in [-0.15, -0.1) is 0 Å². The summed E-state index contributed by atoms with van der Waals surface area (Å²) in [6.45, 7) is 1.83. The average Bonchev–Trinajstić information content (AvgIpc) is 3.44. The maximum atomic E-state index is 13.8. The Hall–Kier alpha value is -3.20. The standard InChI is InChI=1S/C29H33N3O4S/c33-29(21-36-20-22-9-2-1-3-10-22)30-24-15-16-27(32-17-6-7-18-32)28(19-24)37(34,35)31-26-14-8-12-23-11-4-5-13-25(23)26/h1-5,9-11,13,15-16,19,26,31H,6-8,12,14,17-18,20-21H2,(H,30,33)/t26-/m1/s1. The maximum absolute atomic E-state index is 13.8. The molecule has 194 valence electrons. The van der Waals surface area contributed by atoms with Crippen LogP contribution in [0.2, 0.25) is 0 Å². The first-order chi connectivity index (χ1) is 18.0. The van der Waals surface area contributed by atoms with Crippen LogP contribution in [-0.4, -0.2) is 34.0 Å². The van der Waals surface area contributed by atoms with Gasteiger partial charge in [0.05, 0.1) is 12.3 Å². The lowest BCUT2D eigenvalue weighted by atomic mass is 9.88. The zero-order valence-corrected chi connectivity index (χ0v) is 21.7. The third-order valence-electron chi connectivity index (χ3n) is 6.99. The van der Waals surface area contributed by atoms with Crippen LogP contribution in [0.3, 0.4) is 0 Å². The summed E-state index contributed by atoms with van der Waals surface area (Å²) in [6.07, 6.45) is 4.70. The number of aryl methyl sites for hydroxylation is 1. The van der Waals surface area contributed by atoms with E-state index in [-0.39, 0.29) is 23.5 Å². The highest BCUT2D eigenvalue weighted by Crippen LogP contribution is 2.35. The fraction of sp³-hybridized carbons (Fsp3) is 0.345. The van der Waals surface area contributed by atoms with E-state index in [1.165, 1.54) is 5.56 Å². The molecule has 1 atom stereocenters. The van der Waals surface area contributed by atoms with Crippen molar-refractivity contribution >= 4 is 27.3 Å². The first-order valence-electron chi connectivity index (χ1n) is 12.9. The summed E-state index contributed by atoms with van der Waals surface area (Å²) in [4.78, 5) is 14.9. The third-order valence-corrected chi connectivity index (χ3v) is 8.49. The smallest absolute Gasteiger partial charge is 0.250 e. The van der Waals surface area contributed by atoms with Gasteiger partial charge in [-0.2, -0.15) is 0 Å². The first-order valence-corrected chi connectivity index (χ1v) is 14.4. The highest BCUT2D eigenvalue weighted by atomic mass is 32.2. The SMILES string of the molecule is O=C(COCc1ccccc1)Nc1ccc(N2CCCC2)c(S(=O)(=O)N[C@@H]2CCCc3ccccc32)c1. The Morgan fingerprint density at radius 1 is 0.946 bits per heavy atom. The van der Waals surface area contributed by atoms with E-state index in [0.717, 1.165) is 56.3 Å². The van der Waals surface area contributed by atoms with Crippen LogP contribution in [0.5, 0.6) is 0 Å². The van der Waals surface area contributed by atoms with Crippen LogP contribution in [-0.2, 0) is 32.6 Å². The molecular weight excluding hydrogens is 486 g/mol. The number of ether oxygens (including phenoxy) is 1. The number of anilines is 2. The highest BCUT2D eigenvalue weighted by Gasteiger charge is 2.29. The lowest BCUT2D eigenvalue weighted by molar-refractivity contribution is -0.121. The highest BCUT2D eigenvalue weighted by molar-refractivity contribution is 7.89.